The van der Waals surface area contributed by atoms with Gasteiger partial charge in [-0.2, -0.15) is 5.26 Å². The summed E-state index contributed by atoms with van der Waals surface area (Å²) >= 11 is 0. The lowest BCUT2D eigenvalue weighted by atomic mass is 9.92. The first-order valence-corrected chi connectivity index (χ1v) is 8.53. The molecular formula is C22H18N4O2. The molecule has 0 bridgehead atoms. The van der Waals surface area contributed by atoms with Gasteiger partial charge < -0.3 is 16.2 Å². The number of nitrogens with one attached hydrogen (secondary N) is 2. The number of hydrogen-bond acceptors (Lipinski definition) is 4. The van der Waals surface area contributed by atoms with Crippen LogP contribution < -0.4 is 11.1 Å². The number of carboxylic acids is 1. The number of nitriles is 1. The molecule has 5 N–H and O–H groups in total. The molecule has 6 heteroatoms. The Morgan fingerprint density at radius 3 is 2.21 bits per heavy atom. The number of rotatable bonds is 6. The molecule has 138 valence electrons. The topological polar surface area (TPSA) is 123 Å². The molecule has 0 radical (unpaired) electrons. The number of carbonyl (C=O) groups is 1. The number of nitrogen functional groups attached to an aromatic ring is 1. The third-order valence-electron chi connectivity index (χ3n) is 4.36. The van der Waals surface area contributed by atoms with Crippen LogP contribution in [-0.4, -0.2) is 16.9 Å². The van der Waals surface area contributed by atoms with Crippen LogP contribution in [0.25, 0.3) is 11.1 Å². The fourth-order valence-corrected chi connectivity index (χ4v) is 2.99. The van der Waals surface area contributed by atoms with Crippen molar-refractivity contribution in [2.75, 3.05) is 5.32 Å². The molecule has 0 saturated heterocycles. The minimum absolute atomic E-state index is 0.0287. The number of nitrogens with two attached hydrogens (primary N) is 1. The van der Waals surface area contributed by atoms with Crippen LogP contribution in [0.15, 0.2) is 72.8 Å². The van der Waals surface area contributed by atoms with E-state index in [0.29, 0.717) is 27.9 Å². The normalized spacial score (nSPS) is 11.2. The highest BCUT2D eigenvalue weighted by Crippen LogP contribution is 2.32. The summed E-state index contributed by atoms with van der Waals surface area (Å²) in [7, 11) is 0. The van der Waals surface area contributed by atoms with Gasteiger partial charge in [0.1, 0.15) is 11.9 Å². The van der Waals surface area contributed by atoms with Crippen LogP contribution in [0.4, 0.5) is 5.69 Å². The lowest BCUT2D eigenvalue weighted by molar-refractivity contribution is 0.0697. The van der Waals surface area contributed by atoms with Crippen LogP contribution in [0, 0.1) is 16.7 Å². The summed E-state index contributed by atoms with van der Waals surface area (Å²) < 4.78 is 0. The van der Waals surface area contributed by atoms with Crippen molar-refractivity contribution in [3.8, 4) is 17.2 Å². The molecule has 3 rings (SSSR count). The molecule has 3 aromatic rings. The summed E-state index contributed by atoms with van der Waals surface area (Å²) in [5, 5.41) is 29.9. The Morgan fingerprint density at radius 2 is 1.61 bits per heavy atom. The van der Waals surface area contributed by atoms with E-state index in [-0.39, 0.29) is 11.4 Å². The van der Waals surface area contributed by atoms with Crippen molar-refractivity contribution >= 4 is 17.5 Å². The summed E-state index contributed by atoms with van der Waals surface area (Å²) in [4.78, 5) is 11.6. The van der Waals surface area contributed by atoms with Crippen LogP contribution in [0.5, 0.6) is 0 Å². The second-order valence-electron chi connectivity index (χ2n) is 6.14. The lowest BCUT2D eigenvalue weighted by Gasteiger charge is -2.18. The van der Waals surface area contributed by atoms with Crippen LogP contribution in [0.1, 0.15) is 27.5 Å². The van der Waals surface area contributed by atoms with E-state index >= 15 is 0 Å². The van der Waals surface area contributed by atoms with Gasteiger partial charge >= 0.3 is 5.97 Å². The maximum absolute atomic E-state index is 11.6. The largest absolute Gasteiger partial charge is 0.478 e. The van der Waals surface area contributed by atoms with Crippen molar-refractivity contribution in [1.82, 2.24) is 0 Å². The molecule has 1 atom stereocenters. The number of hydrogen-bond donors (Lipinski definition) is 4. The Morgan fingerprint density at radius 1 is 1.00 bits per heavy atom. The molecule has 0 amide bonds. The standard InChI is InChI=1S/C22H18N4O2/c23-13-20(26-15-11-9-14(10-12-15)21(24)25)18-7-3-1-5-16(18)17-6-2-4-8-19(17)22(27)28/h1-12,20,26H,(H3,24,25)(H,27,28). The molecule has 0 aromatic heterocycles. The fourth-order valence-electron chi connectivity index (χ4n) is 2.99. The summed E-state index contributed by atoms with van der Waals surface area (Å²) in [6.07, 6.45) is 0. The van der Waals surface area contributed by atoms with Gasteiger partial charge in [-0.1, -0.05) is 42.5 Å². The lowest BCUT2D eigenvalue weighted by Crippen LogP contribution is -2.12. The van der Waals surface area contributed by atoms with Crippen LogP contribution in [0.3, 0.4) is 0 Å². The third kappa shape index (κ3) is 3.84. The van der Waals surface area contributed by atoms with Crippen molar-refractivity contribution in [3.63, 3.8) is 0 Å². The number of amidine groups is 1. The van der Waals surface area contributed by atoms with E-state index in [1.165, 1.54) is 0 Å². The third-order valence-corrected chi connectivity index (χ3v) is 4.36. The highest BCUT2D eigenvalue weighted by molar-refractivity contribution is 5.97. The molecule has 3 aromatic carbocycles. The number of anilines is 1. The molecule has 0 aliphatic rings. The Bertz CT molecular complexity index is 1070. The summed E-state index contributed by atoms with van der Waals surface area (Å²) in [5.74, 6) is -1.05. The van der Waals surface area contributed by atoms with E-state index in [0.717, 1.165) is 0 Å². The first-order chi connectivity index (χ1) is 13.5. The first kappa shape index (κ1) is 18.7. The average molecular weight is 370 g/mol. The van der Waals surface area contributed by atoms with Gasteiger partial charge in [-0.05, 0) is 47.0 Å². The molecule has 0 aliphatic carbocycles. The number of nitrogens with zero attached hydrogens (tertiary/aromatic N) is 1. The van der Waals surface area contributed by atoms with E-state index in [1.807, 2.05) is 18.2 Å². The van der Waals surface area contributed by atoms with E-state index in [9.17, 15) is 15.2 Å². The number of benzene rings is 3. The Labute approximate surface area is 162 Å². The second kappa shape index (κ2) is 8.06. The van der Waals surface area contributed by atoms with Gasteiger partial charge in [0.2, 0.25) is 0 Å². The van der Waals surface area contributed by atoms with E-state index < -0.39 is 12.0 Å². The SMILES string of the molecule is N#CC(Nc1ccc(C(=N)N)cc1)c1ccccc1-c1ccccc1C(=O)O. The van der Waals surface area contributed by atoms with Crippen LogP contribution >= 0.6 is 0 Å². The first-order valence-electron chi connectivity index (χ1n) is 8.53. The van der Waals surface area contributed by atoms with E-state index in [4.69, 9.17) is 11.1 Å². The maximum atomic E-state index is 11.6. The van der Waals surface area contributed by atoms with Gasteiger partial charge in [0, 0.05) is 11.3 Å². The van der Waals surface area contributed by atoms with Gasteiger partial charge in [0.15, 0.2) is 0 Å². The minimum Gasteiger partial charge on any atom is -0.478 e. The molecule has 0 heterocycles. The zero-order chi connectivity index (χ0) is 20.1. The monoisotopic (exact) mass is 370 g/mol. The Balaban J connectivity index is 2.00. The molecular weight excluding hydrogens is 352 g/mol. The number of aromatic carboxylic acids is 1. The highest BCUT2D eigenvalue weighted by Gasteiger charge is 2.19. The van der Waals surface area contributed by atoms with Crippen molar-refractivity contribution in [2.24, 2.45) is 5.73 Å². The quantitative estimate of drug-likeness (QED) is 0.385. The van der Waals surface area contributed by atoms with E-state index in [2.05, 4.69) is 11.4 Å². The molecule has 6 nitrogen and oxygen atoms in total. The Kier molecular flexibility index (Phi) is 5.38. The smallest absolute Gasteiger partial charge is 0.336 e. The van der Waals surface area contributed by atoms with Gasteiger partial charge in [-0.15, -0.1) is 0 Å². The zero-order valence-electron chi connectivity index (χ0n) is 14.9. The number of carboxylic acid groups (broad SMARTS) is 1. The summed E-state index contributed by atoms with van der Waals surface area (Å²) in [5.41, 5.74) is 8.84. The summed E-state index contributed by atoms with van der Waals surface area (Å²) in [6.45, 7) is 0. The van der Waals surface area contributed by atoms with Crippen molar-refractivity contribution in [1.29, 1.82) is 10.7 Å². The predicted molar refractivity (Wildman–Crippen MR) is 108 cm³/mol. The van der Waals surface area contributed by atoms with E-state index in [1.54, 1.807) is 54.6 Å². The highest BCUT2D eigenvalue weighted by atomic mass is 16.4. The predicted octanol–water partition coefficient (Wildman–Crippen LogP) is 4.01. The molecule has 0 spiro atoms. The fraction of sp³-hybridized carbons (Fsp3) is 0.0455. The van der Waals surface area contributed by atoms with Crippen LogP contribution in [0.2, 0.25) is 0 Å². The van der Waals surface area contributed by atoms with Crippen molar-refractivity contribution in [3.05, 3.63) is 89.5 Å². The van der Waals surface area contributed by atoms with Gasteiger partial charge in [-0.25, -0.2) is 4.79 Å². The molecule has 0 saturated carbocycles. The van der Waals surface area contributed by atoms with Crippen molar-refractivity contribution in [2.45, 2.75) is 6.04 Å². The summed E-state index contributed by atoms with van der Waals surface area (Å²) in [6, 6.07) is 22.4. The molecule has 0 fully saturated rings. The van der Waals surface area contributed by atoms with Gasteiger partial charge in [-0.3, -0.25) is 5.41 Å². The minimum atomic E-state index is -1.02. The van der Waals surface area contributed by atoms with Gasteiger partial charge in [0.25, 0.3) is 0 Å². The van der Waals surface area contributed by atoms with Crippen molar-refractivity contribution < 1.29 is 9.90 Å². The molecule has 0 aliphatic heterocycles. The second-order valence-corrected chi connectivity index (χ2v) is 6.14. The van der Waals surface area contributed by atoms with Crippen LogP contribution in [-0.2, 0) is 0 Å². The van der Waals surface area contributed by atoms with Gasteiger partial charge in [0.05, 0.1) is 11.6 Å². The average Bonchev–Trinajstić information content (AvgIpc) is 2.72. The maximum Gasteiger partial charge on any atom is 0.336 e. The molecule has 28 heavy (non-hydrogen) atoms. The zero-order valence-corrected chi connectivity index (χ0v) is 14.9. The Hall–Kier alpha value is -4.11. The molecule has 1 unspecified atom stereocenters.